The molecule has 4 aromatic carbocycles. The van der Waals surface area contributed by atoms with Gasteiger partial charge in [-0.05, 0) is 104 Å². The number of hydrogen-bond acceptors (Lipinski definition) is 4. The summed E-state index contributed by atoms with van der Waals surface area (Å²) in [6.07, 6.45) is 11.8. The molecular formula is C50H56N2O4. The van der Waals surface area contributed by atoms with E-state index in [0.717, 1.165) is 65.1 Å². The van der Waals surface area contributed by atoms with Crippen molar-refractivity contribution < 1.29 is 19.8 Å². The van der Waals surface area contributed by atoms with Crippen LogP contribution < -0.4 is 5.32 Å². The monoisotopic (exact) mass is 748 g/mol. The highest BCUT2D eigenvalue weighted by atomic mass is 16.3. The molecule has 2 spiro atoms. The number of allylic oxidation sites excluding steroid dienone is 4. The van der Waals surface area contributed by atoms with E-state index in [1.54, 1.807) is 0 Å². The maximum atomic E-state index is 15.5. The number of ketones is 1. The normalized spacial score (nSPS) is 34.1. The van der Waals surface area contributed by atoms with Gasteiger partial charge in [-0.3, -0.25) is 4.79 Å². The first-order valence-electron chi connectivity index (χ1n) is 20.9. The van der Waals surface area contributed by atoms with Crippen LogP contribution in [0.5, 0.6) is 0 Å². The third-order valence-electron chi connectivity index (χ3n) is 15.6. The smallest absolute Gasteiger partial charge is 0.317 e. The summed E-state index contributed by atoms with van der Waals surface area (Å²) in [5, 5.41) is 29.9. The Bertz CT molecular complexity index is 2260. The van der Waals surface area contributed by atoms with E-state index in [9.17, 15) is 15.0 Å². The van der Waals surface area contributed by atoms with Crippen molar-refractivity contribution in [1.82, 2.24) is 10.2 Å². The van der Waals surface area contributed by atoms with Gasteiger partial charge in [-0.15, -0.1) is 0 Å². The number of nitrogens with zero attached hydrogens (tertiary/aromatic N) is 1. The number of rotatable bonds is 8. The van der Waals surface area contributed by atoms with E-state index in [0.29, 0.717) is 24.9 Å². The highest BCUT2D eigenvalue weighted by Gasteiger charge is 2.74. The molecule has 0 heterocycles. The minimum absolute atomic E-state index is 0.0244. The Kier molecular flexibility index (Phi) is 8.79. The first-order chi connectivity index (χ1) is 26.8. The lowest BCUT2D eigenvalue weighted by Gasteiger charge is -2.71. The van der Waals surface area contributed by atoms with Crippen LogP contribution >= 0.6 is 0 Å². The van der Waals surface area contributed by atoms with Crippen molar-refractivity contribution in [3.8, 4) is 11.1 Å². The second-order valence-electron chi connectivity index (χ2n) is 18.6. The molecule has 290 valence electrons. The summed E-state index contributed by atoms with van der Waals surface area (Å²) in [6.45, 7) is 9.19. The fourth-order valence-corrected chi connectivity index (χ4v) is 12.8. The van der Waals surface area contributed by atoms with Crippen LogP contribution in [-0.4, -0.2) is 51.2 Å². The first-order valence-corrected chi connectivity index (χ1v) is 20.9. The SMILES string of the molecule is CC(C)NC(=O)N(Cc1cccc2ccccc12)CC1(O)CCC2C34C=CC5(C=C3C(=O)c3ccccc3-c3ccccc3)CC(O)CCC5(C)C4CCC21C. The Morgan fingerprint density at radius 3 is 2.29 bits per heavy atom. The number of carbonyl (C=O) groups is 2. The summed E-state index contributed by atoms with van der Waals surface area (Å²) >= 11 is 0. The van der Waals surface area contributed by atoms with E-state index >= 15 is 4.79 Å². The molecule has 6 nitrogen and oxygen atoms in total. The molecule has 8 unspecified atom stereocenters. The van der Waals surface area contributed by atoms with Gasteiger partial charge >= 0.3 is 6.03 Å². The second-order valence-corrected chi connectivity index (χ2v) is 18.6. The highest BCUT2D eigenvalue weighted by molar-refractivity contribution is 6.14. The predicted octanol–water partition coefficient (Wildman–Crippen LogP) is 9.90. The topological polar surface area (TPSA) is 89.9 Å². The Morgan fingerprint density at radius 2 is 1.48 bits per heavy atom. The van der Waals surface area contributed by atoms with Gasteiger partial charge < -0.3 is 20.4 Å². The van der Waals surface area contributed by atoms with Gasteiger partial charge in [0.05, 0.1) is 18.2 Å². The Hall–Kier alpha value is -4.52. The zero-order chi connectivity index (χ0) is 39.1. The van der Waals surface area contributed by atoms with Gasteiger partial charge in [-0.1, -0.05) is 129 Å². The zero-order valence-corrected chi connectivity index (χ0v) is 33.3. The quantitative estimate of drug-likeness (QED) is 0.124. The lowest BCUT2D eigenvalue weighted by Crippen LogP contribution is -2.67. The molecule has 6 aliphatic rings. The Balaban J connectivity index is 1.14. The number of Topliss-reactive ketones (excluding diaryl/α,β-unsaturated/α-hetero) is 1. The molecule has 0 aromatic heterocycles. The minimum Gasteiger partial charge on any atom is -0.393 e. The van der Waals surface area contributed by atoms with E-state index < -0.39 is 27.9 Å². The molecule has 3 N–H and O–H groups in total. The van der Waals surface area contributed by atoms with Crippen LogP contribution in [0, 0.1) is 33.5 Å². The van der Waals surface area contributed by atoms with Crippen molar-refractivity contribution in [1.29, 1.82) is 0 Å². The maximum Gasteiger partial charge on any atom is 0.317 e. The largest absolute Gasteiger partial charge is 0.393 e. The van der Waals surface area contributed by atoms with E-state index in [-0.39, 0.29) is 41.7 Å². The standard InChI is InChI=1S/C50H56N2O4/c1-33(2)51-45(55)52(31-36-17-12-16-34-15-8-9-18-38(34)36)32-49(56)26-23-43-47(49,4)25-22-42-46(3)24-21-37(53)29-48(46)27-28-50(42,43)41(30-48)44(54)40-20-11-10-19-39(40)35-13-6-5-7-14-35/h5-20,27-28,30,33,37,42-43,53,56H,21-26,29,31-32H2,1-4H3,(H,51,55). The van der Waals surface area contributed by atoms with Crippen LogP contribution in [-0.2, 0) is 6.54 Å². The average molecular weight is 749 g/mol. The number of benzene rings is 4. The van der Waals surface area contributed by atoms with Crippen LogP contribution in [0.3, 0.4) is 0 Å². The van der Waals surface area contributed by atoms with Crippen molar-refractivity contribution in [3.63, 3.8) is 0 Å². The molecule has 0 radical (unpaired) electrons. The second kappa shape index (κ2) is 13.3. The lowest BCUT2D eigenvalue weighted by atomic mass is 9.32. The number of fused-ring (bicyclic) bond motifs is 2. The average Bonchev–Trinajstić information content (AvgIpc) is 3.47. The first kappa shape index (κ1) is 37.1. The van der Waals surface area contributed by atoms with Crippen molar-refractivity contribution in [3.05, 3.63) is 132 Å². The number of hydrogen-bond donors (Lipinski definition) is 3. The van der Waals surface area contributed by atoms with Gasteiger partial charge in [0.25, 0.3) is 0 Å². The highest BCUT2D eigenvalue weighted by Crippen LogP contribution is 2.78. The summed E-state index contributed by atoms with van der Waals surface area (Å²) < 4.78 is 0. The third kappa shape index (κ3) is 5.35. The van der Waals surface area contributed by atoms with Crippen molar-refractivity contribution in [2.24, 2.45) is 33.5 Å². The summed E-state index contributed by atoms with van der Waals surface area (Å²) in [6, 6.07) is 32.4. The summed E-state index contributed by atoms with van der Waals surface area (Å²) in [7, 11) is 0. The summed E-state index contributed by atoms with van der Waals surface area (Å²) in [5.41, 5.74) is 1.59. The van der Waals surface area contributed by atoms with E-state index in [1.807, 2.05) is 79.4 Å². The summed E-state index contributed by atoms with van der Waals surface area (Å²) in [5.74, 6) is 0.203. The molecule has 2 bridgehead atoms. The van der Waals surface area contributed by atoms with Gasteiger partial charge in [-0.2, -0.15) is 0 Å². The number of nitrogens with one attached hydrogen (secondary N) is 1. The van der Waals surface area contributed by atoms with Gasteiger partial charge in [0.2, 0.25) is 0 Å². The molecule has 0 aliphatic heterocycles. The zero-order valence-electron chi connectivity index (χ0n) is 33.3. The van der Waals surface area contributed by atoms with Crippen LogP contribution in [0.15, 0.2) is 121 Å². The molecule has 8 atom stereocenters. The molecular weight excluding hydrogens is 693 g/mol. The van der Waals surface area contributed by atoms with Gasteiger partial charge in [0, 0.05) is 40.0 Å². The number of amides is 2. The maximum absolute atomic E-state index is 15.5. The molecule has 2 amide bonds. The Morgan fingerprint density at radius 1 is 0.804 bits per heavy atom. The van der Waals surface area contributed by atoms with Gasteiger partial charge in [0.15, 0.2) is 5.78 Å². The van der Waals surface area contributed by atoms with E-state index in [1.165, 1.54) is 0 Å². The van der Waals surface area contributed by atoms with Crippen LogP contribution in [0.1, 0.15) is 88.6 Å². The van der Waals surface area contributed by atoms with Gasteiger partial charge in [0.1, 0.15) is 0 Å². The van der Waals surface area contributed by atoms with Crippen molar-refractivity contribution in [2.45, 2.75) is 96.9 Å². The van der Waals surface area contributed by atoms with Crippen LogP contribution in [0.2, 0.25) is 0 Å². The van der Waals surface area contributed by atoms with E-state index in [2.05, 4.69) is 73.8 Å². The molecule has 10 rings (SSSR count). The molecule has 0 saturated heterocycles. The number of urea groups is 1. The van der Waals surface area contributed by atoms with Crippen LogP contribution in [0.25, 0.3) is 21.9 Å². The van der Waals surface area contributed by atoms with Crippen molar-refractivity contribution in [2.75, 3.05) is 6.54 Å². The number of aliphatic hydroxyl groups excluding tert-OH is 1. The third-order valence-corrected chi connectivity index (χ3v) is 15.6. The summed E-state index contributed by atoms with van der Waals surface area (Å²) in [4.78, 5) is 31.5. The van der Waals surface area contributed by atoms with E-state index in [4.69, 9.17) is 0 Å². The molecule has 3 saturated carbocycles. The van der Waals surface area contributed by atoms with Crippen molar-refractivity contribution >= 4 is 22.6 Å². The van der Waals surface area contributed by atoms with Gasteiger partial charge in [-0.25, -0.2) is 4.79 Å². The molecule has 4 aromatic rings. The fourth-order valence-electron chi connectivity index (χ4n) is 12.8. The molecule has 6 heteroatoms. The van der Waals surface area contributed by atoms with Crippen LogP contribution in [0.4, 0.5) is 4.79 Å². The predicted molar refractivity (Wildman–Crippen MR) is 223 cm³/mol. The lowest BCUT2D eigenvalue weighted by molar-refractivity contribution is -0.174. The molecule has 3 fully saturated rings. The number of carbonyl (C=O) groups excluding carboxylic acids is 2. The number of aliphatic hydroxyl groups is 2. The fraction of sp³-hybridized carbons (Fsp3) is 0.440. The molecule has 6 aliphatic carbocycles. The molecule has 56 heavy (non-hydrogen) atoms. The Labute approximate surface area is 331 Å². The minimum atomic E-state index is -1.18.